The maximum absolute atomic E-state index is 12.2. The van der Waals surface area contributed by atoms with Gasteiger partial charge < -0.3 is 5.21 Å². The Morgan fingerprint density at radius 2 is 1.46 bits per heavy atom. The Balaban J connectivity index is 2.30. The molecule has 2 amide bonds. The second kappa shape index (κ2) is 6.88. The Labute approximate surface area is 136 Å². The van der Waals surface area contributed by atoms with Crippen LogP contribution in [0.15, 0.2) is 52.5 Å². The molecule has 24 heavy (non-hydrogen) atoms. The molecule has 0 fully saturated rings. The monoisotopic (exact) mass is 373 g/mol. The van der Waals surface area contributed by atoms with E-state index < -0.39 is 35.9 Å². The van der Waals surface area contributed by atoms with Crippen LogP contribution in [0.1, 0.15) is 0 Å². The van der Waals surface area contributed by atoms with Crippen LogP contribution in [0.2, 0.25) is 0 Å². The van der Waals surface area contributed by atoms with Crippen molar-refractivity contribution in [2.24, 2.45) is 0 Å². The highest BCUT2D eigenvalue weighted by atomic mass is 32.2. The molecule has 4 N–H and O–H groups in total. The number of benzene rings is 1. The summed E-state index contributed by atoms with van der Waals surface area (Å²) >= 11 is 0. The van der Waals surface area contributed by atoms with Crippen LogP contribution >= 0.6 is 0 Å². The Morgan fingerprint density at radius 3 is 2.00 bits per heavy atom. The minimum atomic E-state index is -4.55. The number of carbonyl (C=O) groups excluding carboxylic acids is 1. The van der Waals surface area contributed by atoms with E-state index in [2.05, 4.69) is 15.3 Å². The molecule has 1 heterocycles. The van der Waals surface area contributed by atoms with Crippen LogP contribution in [-0.4, -0.2) is 38.0 Å². The fraction of sp³-hybridized carbons (Fsp3) is 0. The molecular weight excluding hydrogens is 362 g/mol. The molecule has 0 radical (unpaired) electrons. The summed E-state index contributed by atoms with van der Waals surface area (Å²) in [7, 11) is -9.03. The van der Waals surface area contributed by atoms with E-state index in [9.17, 15) is 21.6 Å². The number of carbonyl (C=O) groups is 1. The Hall–Kier alpha value is -2.61. The van der Waals surface area contributed by atoms with Crippen molar-refractivity contribution in [3.05, 3.63) is 42.7 Å². The lowest BCUT2D eigenvalue weighted by molar-refractivity contribution is 0.242. The van der Waals surface area contributed by atoms with Gasteiger partial charge in [-0.05, 0) is 18.2 Å². The molecule has 0 unspecified atom stereocenters. The molecule has 0 bridgehead atoms. The number of sulfonamides is 2. The van der Waals surface area contributed by atoms with E-state index in [1.54, 1.807) is 4.72 Å². The van der Waals surface area contributed by atoms with Crippen LogP contribution in [0, 0.1) is 0 Å². The van der Waals surface area contributed by atoms with E-state index in [0.717, 1.165) is 17.0 Å². The molecule has 0 saturated heterocycles. The first-order chi connectivity index (χ1) is 11.3. The normalized spacial score (nSPS) is 11.7. The summed E-state index contributed by atoms with van der Waals surface area (Å²) in [5.74, 6) is -0.150. The predicted molar refractivity (Wildman–Crippen MR) is 79.9 cm³/mol. The molecule has 11 nitrogen and oxygen atoms in total. The largest absolute Gasteiger partial charge is 0.335 e. The van der Waals surface area contributed by atoms with Crippen LogP contribution in [0.25, 0.3) is 0 Å². The van der Waals surface area contributed by atoms with E-state index in [1.807, 2.05) is 0 Å². The SMILES string of the molecule is O=C(Nc1ncccn1)NS(=O)(=O)c1ccccc1S(=O)(=O)NO. The Morgan fingerprint density at radius 1 is 0.917 bits per heavy atom. The minimum Gasteiger partial charge on any atom is -0.302 e. The fourth-order valence-electron chi connectivity index (χ4n) is 1.61. The van der Waals surface area contributed by atoms with Gasteiger partial charge in [0.05, 0.1) is 0 Å². The molecular formula is C11H11N5O6S2. The van der Waals surface area contributed by atoms with Crippen molar-refractivity contribution in [3.63, 3.8) is 0 Å². The van der Waals surface area contributed by atoms with Gasteiger partial charge in [0.25, 0.3) is 20.0 Å². The lowest BCUT2D eigenvalue weighted by Crippen LogP contribution is -2.36. The van der Waals surface area contributed by atoms with Crippen LogP contribution in [0.4, 0.5) is 10.7 Å². The quantitative estimate of drug-likeness (QED) is 0.516. The smallest absolute Gasteiger partial charge is 0.302 e. The molecule has 2 aromatic rings. The zero-order valence-corrected chi connectivity index (χ0v) is 13.4. The minimum absolute atomic E-state index is 0.150. The van der Waals surface area contributed by atoms with Crippen molar-refractivity contribution >= 4 is 32.0 Å². The highest BCUT2D eigenvalue weighted by molar-refractivity contribution is 7.92. The number of urea groups is 1. The number of rotatable bonds is 5. The van der Waals surface area contributed by atoms with Gasteiger partial charge in [0.15, 0.2) is 0 Å². The fourth-order valence-corrected chi connectivity index (χ4v) is 3.95. The van der Waals surface area contributed by atoms with Gasteiger partial charge in [-0.3, -0.25) is 5.32 Å². The summed E-state index contributed by atoms with van der Waals surface area (Å²) in [5, 5.41) is 10.7. The highest BCUT2D eigenvalue weighted by Crippen LogP contribution is 2.20. The molecule has 128 valence electrons. The molecule has 1 aromatic carbocycles. The van der Waals surface area contributed by atoms with Gasteiger partial charge >= 0.3 is 6.03 Å². The standard InChI is InChI=1S/C11H11N5O6S2/c17-11(14-10-12-6-3-7-13-10)15-23(19,20)8-4-1-2-5-9(8)24(21,22)16-18/h1-7,16,18H,(H2,12,13,14,15,17). The summed E-state index contributed by atoms with van der Waals surface area (Å²) in [6, 6.07) is 4.71. The number of anilines is 1. The lowest BCUT2D eigenvalue weighted by Gasteiger charge is -2.11. The molecule has 13 heteroatoms. The van der Waals surface area contributed by atoms with Gasteiger partial charge in [-0.2, -0.15) is 0 Å². The third-order valence-corrected chi connectivity index (χ3v) is 5.26. The second-order valence-corrected chi connectivity index (χ2v) is 7.45. The average Bonchev–Trinajstić information content (AvgIpc) is 2.55. The van der Waals surface area contributed by atoms with Gasteiger partial charge in [-0.1, -0.05) is 17.0 Å². The molecule has 1 aromatic heterocycles. The summed E-state index contributed by atoms with van der Waals surface area (Å²) in [6.45, 7) is 0. The maximum Gasteiger partial charge on any atom is 0.335 e. The lowest BCUT2D eigenvalue weighted by atomic mass is 10.4. The third kappa shape index (κ3) is 4.02. The number of hydrogen-bond donors (Lipinski definition) is 4. The van der Waals surface area contributed by atoms with E-state index in [4.69, 9.17) is 5.21 Å². The summed E-state index contributed by atoms with van der Waals surface area (Å²) in [5.41, 5.74) is 0. The Bertz CT molecular complexity index is 946. The molecule has 0 saturated carbocycles. The third-order valence-electron chi connectivity index (χ3n) is 2.57. The van der Waals surface area contributed by atoms with Crippen molar-refractivity contribution in [2.75, 3.05) is 5.32 Å². The van der Waals surface area contributed by atoms with Crippen molar-refractivity contribution < 1.29 is 26.8 Å². The van der Waals surface area contributed by atoms with E-state index in [1.165, 1.54) is 30.6 Å². The number of nitrogens with zero attached hydrogens (tertiary/aromatic N) is 2. The number of hydrogen-bond acceptors (Lipinski definition) is 8. The first-order valence-electron chi connectivity index (χ1n) is 6.12. The number of amides is 2. The topological polar surface area (TPSA) is 167 Å². The van der Waals surface area contributed by atoms with Crippen molar-refractivity contribution in [3.8, 4) is 0 Å². The zero-order chi connectivity index (χ0) is 17.8. The van der Waals surface area contributed by atoms with E-state index in [0.29, 0.717) is 0 Å². The van der Waals surface area contributed by atoms with Crippen LogP contribution in [0.3, 0.4) is 0 Å². The van der Waals surface area contributed by atoms with Crippen LogP contribution in [-0.2, 0) is 20.0 Å². The van der Waals surface area contributed by atoms with Gasteiger partial charge in [-0.25, -0.2) is 36.3 Å². The summed E-state index contributed by atoms with van der Waals surface area (Å²) < 4.78 is 49.4. The summed E-state index contributed by atoms with van der Waals surface area (Å²) in [4.78, 5) is 18.6. The van der Waals surface area contributed by atoms with Gasteiger partial charge in [-0.15, -0.1) is 0 Å². The first-order valence-corrected chi connectivity index (χ1v) is 9.08. The highest BCUT2D eigenvalue weighted by Gasteiger charge is 2.27. The molecule has 0 atom stereocenters. The van der Waals surface area contributed by atoms with Gasteiger partial charge in [0.2, 0.25) is 5.95 Å². The van der Waals surface area contributed by atoms with E-state index in [-0.39, 0.29) is 5.95 Å². The number of nitrogens with one attached hydrogen (secondary N) is 3. The van der Waals surface area contributed by atoms with Crippen molar-refractivity contribution in [2.45, 2.75) is 9.79 Å². The second-order valence-electron chi connectivity index (χ2n) is 4.17. The molecule has 0 aliphatic heterocycles. The predicted octanol–water partition coefficient (Wildman–Crippen LogP) is -0.345. The van der Waals surface area contributed by atoms with E-state index >= 15 is 0 Å². The van der Waals surface area contributed by atoms with Crippen molar-refractivity contribution in [1.82, 2.24) is 19.6 Å². The van der Waals surface area contributed by atoms with Gasteiger partial charge in [0.1, 0.15) is 9.79 Å². The average molecular weight is 373 g/mol. The first kappa shape index (κ1) is 17.7. The Kier molecular flexibility index (Phi) is 5.08. The van der Waals surface area contributed by atoms with Crippen LogP contribution < -0.4 is 14.9 Å². The number of aromatic nitrogens is 2. The molecule has 2 rings (SSSR count). The summed E-state index contributed by atoms with van der Waals surface area (Å²) in [6.07, 6.45) is 2.65. The molecule has 0 spiro atoms. The zero-order valence-electron chi connectivity index (χ0n) is 11.7. The molecule has 0 aliphatic carbocycles. The molecule has 0 aliphatic rings. The van der Waals surface area contributed by atoms with Crippen LogP contribution in [0.5, 0.6) is 0 Å². The maximum atomic E-state index is 12.2. The van der Waals surface area contributed by atoms with Crippen molar-refractivity contribution in [1.29, 1.82) is 0 Å². The van der Waals surface area contributed by atoms with Gasteiger partial charge in [0, 0.05) is 12.4 Å².